The smallest absolute Gasteiger partial charge is 0.416 e. The summed E-state index contributed by atoms with van der Waals surface area (Å²) >= 11 is 0. The molecule has 1 aliphatic rings. The highest BCUT2D eigenvalue weighted by molar-refractivity contribution is 5.46. The SMILES string of the molecule is CCCCCN1CC[C@@H](c2ccc(N(C)C)cc2)[C@H](COc2ccc(C(F)(F)F)cc2)C1. The zero-order chi connectivity index (χ0) is 23.1. The molecule has 6 heteroatoms. The highest BCUT2D eigenvalue weighted by Gasteiger charge is 2.32. The third-order valence-corrected chi connectivity index (χ3v) is 6.38. The number of halogens is 3. The Labute approximate surface area is 190 Å². The fourth-order valence-corrected chi connectivity index (χ4v) is 4.47. The van der Waals surface area contributed by atoms with Gasteiger partial charge in [-0.1, -0.05) is 31.9 Å². The topological polar surface area (TPSA) is 15.7 Å². The zero-order valence-corrected chi connectivity index (χ0v) is 19.4. The van der Waals surface area contributed by atoms with Gasteiger partial charge in [0.15, 0.2) is 0 Å². The number of unbranched alkanes of at least 4 members (excludes halogenated alkanes) is 2. The van der Waals surface area contributed by atoms with Gasteiger partial charge in [0.25, 0.3) is 0 Å². The van der Waals surface area contributed by atoms with Crippen molar-refractivity contribution in [1.82, 2.24) is 4.90 Å². The highest BCUT2D eigenvalue weighted by Crippen LogP contribution is 2.35. The maximum Gasteiger partial charge on any atom is 0.416 e. The lowest BCUT2D eigenvalue weighted by atomic mass is 9.80. The molecule has 0 amide bonds. The van der Waals surface area contributed by atoms with E-state index in [-0.39, 0.29) is 5.92 Å². The third kappa shape index (κ3) is 6.64. The third-order valence-electron chi connectivity index (χ3n) is 6.38. The molecule has 2 atom stereocenters. The van der Waals surface area contributed by atoms with Crippen molar-refractivity contribution in [2.75, 3.05) is 45.2 Å². The number of nitrogens with zero attached hydrogens (tertiary/aromatic N) is 2. The first-order chi connectivity index (χ1) is 15.3. The maximum atomic E-state index is 12.8. The van der Waals surface area contributed by atoms with Crippen molar-refractivity contribution < 1.29 is 17.9 Å². The van der Waals surface area contributed by atoms with Crippen LogP contribution in [0.4, 0.5) is 18.9 Å². The Morgan fingerprint density at radius 1 is 1.00 bits per heavy atom. The van der Waals surface area contributed by atoms with Gasteiger partial charge in [0.05, 0.1) is 12.2 Å². The van der Waals surface area contributed by atoms with Crippen molar-refractivity contribution in [2.45, 2.75) is 44.7 Å². The second-order valence-corrected chi connectivity index (χ2v) is 8.98. The number of alkyl halides is 3. The monoisotopic (exact) mass is 448 g/mol. The molecule has 0 unspecified atom stereocenters. The first-order valence-corrected chi connectivity index (χ1v) is 11.6. The first kappa shape index (κ1) is 24.4. The molecule has 0 spiro atoms. The first-order valence-electron chi connectivity index (χ1n) is 11.6. The van der Waals surface area contributed by atoms with Crippen LogP contribution in [0.1, 0.15) is 49.7 Å². The van der Waals surface area contributed by atoms with Gasteiger partial charge in [0.2, 0.25) is 0 Å². The van der Waals surface area contributed by atoms with Crippen LogP contribution in [-0.4, -0.2) is 45.2 Å². The summed E-state index contributed by atoms with van der Waals surface area (Å²) in [5.41, 5.74) is 1.83. The van der Waals surface area contributed by atoms with Crippen LogP contribution in [0.15, 0.2) is 48.5 Å². The molecule has 0 N–H and O–H groups in total. The summed E-state index contributed by atoms with van der Waals surface area (Å²) in [6, 6.07) is 13.7. The summed E-state index contributed by atoms with van der Waals surface area (Å²) in [4.78, 5) is 4.60. The van der Waals surface area contributed by atoms with E-state index >= 15 is 0 Å². The van der Waals surface area contributed by atoms with Crippen LogP contribution >= 0.6 is 0 Å². The van der Waals surface area contributed by atoms with Crippen molar-refractivity contribution >= 4 is 5.69 Å². The molecule has 1 fully saturated rings. The summed E-state index contributed by atoms with van der Waals surface area (Å²) in [5, 5.41) is 0. The molecule has 3 nitrogen and oxygen atoms in total. The number of anilines is 1. The number of likely N-dealkylation sites (tertiary alicyclic amines) is 1. The molecule has 0 saturated carbocycles. The van der Waals surface area contributed by atoms with Crippen molar-refractivity contribution in [3.63, 3.8) is 0 Å². The van der Waals surface area contributed by atoms with Crippen molar-refractivity contribution in [3.05, 3.63) is 59.7 Å². The van der Waals surface area contributed by atoms with Crippen LogP contribution in [-0.2, 0) is 6.18 Å². The van der Waals surface area contributed by atoms with E-state index in [1.165, 1.54) is 42.6 Å². The highest BCUT2D eigenvalue weighted by atomic mass is 19.4. The maximum absolute atomic E-state index is 12.8. The van der Waals surface area contributed by atoms with Gasteiger partial charge in [-0.2, -0.15) is 13.2 Å². The minimum atomic E-state index is -4.33. The molecule has 0 aromatic heterocycles. The van der Waals surface area contributed by atoms with Crippen molar-refractivity contribution in [3.8, 4) is 5.75 Å². The second-order valence-electron chi connectivity index (χ2n) is 8.98. The number of rotatable bonds is 9. The molecule has 1 heterocycles. The molecule has 0 radical (unpaired) electrons. The van der Waals surface area contributed by atoms with Gasteiger partial charge >= 0.3 is 6.18 Å². The Morgan fingerprint density at radius 3 is 2.28 bits per heavy atom. The van der Waals surface area contributed by atoms with Crippen molar-refractivity contribution in [1.29, 1.82) is 0 Å². The Balaban J connectivity index is 1.69. The summed E-state index contributed by atoms with van der Waals surface area (Å²) in [6.45, 7) is 5.82. The standard InChI is InChI=1S/C26H35F3N2O/c1-4-5-6-16-31-17-15-25(20-7-11-23(12-8-20)30(2)3)21(18-31)19-32-24-13-9-22(10-14-24)26(27,28)29/h7-14,21,25H,4-6,15-19H2,1-3H3/t21-,25-/m0/s1. The molecule has 2 aromatic carbocycles. The van der Waals surface area contributed by atoms with Gasteiger partial charge in [-0.3, -0.25) is 0 Å². The van der Waals surface area contributed by atoms with Gasteiger partial charge in [0.1, 0.15) is 5.75 Å². The van der Waals surface area contributed by atoms with E-state index in [1.54, 1.807) is 0 Å². The zero-order valence-electron chi connectivity index (χ0n) is 19.4. The van der Waals surface area contributed by atoms with Crippen LogP contribution in [0.25, 0.3) is 0 Å². The average Bonchev–Trinajstić information content (AvgIpc) is 2.78. The van der Waals surface area contributed by atoms with E-state index in [4.69, 9.17) is 4.74 Å². The predicted octanol–water partition coefficient (Wildman–Crippen LogP) is 6.45. The van der Waals surface area contributed by atoms with Crippen LogP contribution in [0, 0.1) is 5.92 Å². The fourth-order valence-electron chi connectivity index (χ4n) is 4.47. The summed E-state index contributed by atoms with van der Waals surface area (Å²) in [6.07, 6.45) is 0.373. The largest absolute Gasteiger partial charge is 0.493 e. The number of hydrogen-bond donors (Lipinski definition) is 0. The van der Waals surface area contributed by atoms with Gasteiger partial charge in [-0.25, -0.2) is 0 Å². The molecule has 1 saturated heterocycles. The van der Waals surface area contributed by atoms with Gasteiger partial charge in [0, 0.05) is 32.2 Å². The molecule has 1 aliphatic heterocycles. The Hall–Kier alpha value is -2.21. The summed E-state index contributed by atoms with van der Waals surface area (Å²) in [5.74, 6) is 1.16. The fraction of sp³-hybridized carbons (Fsp3) is 0.538. The van der Waals surface area contributed by atoms with Gasteiger partial charge < -0.3 is 14.5 Å². The Bertz CT molecular complexity index is 818. The molecular weight excluding hydrogens is 413 g/mol. The van der Waals surface area contributed by atoms with Gasteiger partial charge in [-0.05, 0) is 73.8 Å². The molecule has 0 aliphatic carbocycles. The molecular formula is C26H35F3N2O. The van der Waals surface area contributed by atoms with E-state index in [0.717, 1.165) is 38.2 Å². The van der Waals surface area contributed by atoms with E-state index in [0.29, 0.717) is 18.3 Å². The van der Waals surface area contributed by atoms with Crippen LogP contribution in [0.3, 0.4) is 0 Å². The average molecular weight is 449 g/mol. The van der Waals surface area contributed by atoms with Crippen molar-refractivity contribution in [2.24, 2.45) is 5.92 Å². The minimum absolute atomic E-state index is 0.290. The number of hydrogen-bond acceptors (Lipinski definition) is 3. The molecule has 2 aromatic rings. The number of piperidine rings is 1. The normalized spacial score (nSPS) is 19.7. The lowest BCUT2D eigenvalue weighted by molar-refractivity contribution is -0.137. The quantitative estimate of drug-likeness (QED) is 0.410. The molecule has 3 rings (SSSR count). The van der Waals surface area contributed by atoms with Crippen LogP contribution in [0.2, 0.25) is 0 Å². The Morgan fingerprint density at radius 2 is 1.69 bits per heavy atom. The van der Waals surface area contributed by atoms with Crippen LogP contribution in [0.5, 0.6) is 5.75 Å². The van der Waals surface area contributed by atoms with Crippen LogP contribution < -0.4 is 9.64 Å². The lowest BCUT2D eigenvalue weighted by Gasteiger charge is -2.39. The van der Waals surface area contributed by atoms with Gasteiger partial charge in [-0.15, -0.1) is 0 Å². The molecule has 32 heavy (non-hydrogen) atoms. The molecule has 176 valence electrons. The van der Waals surface area contributed by atoms with E-state index < -0.39 is 11.7 Å². The van der Waals surface area contributed by atoms with E-state index in [9.17, 15) is 13.2 Å². The minimum Gasteiger partial charge on any atom is -0.493 e. The summed E-state index contributed by atoms with van der Waals surface area (Å²) in [7, 11) is 4.06. The summed E-state index contributed by atoms with van der Waals surface area (Å²) < 4.78 is 44.5. The second kappa shape index (κ2) is 11.1. The van der Waals surface area contributed by atoms with E-state index in [2.05, 4.69) is 41.0 Å². The predicted molar refractivity (Wildman–Crippen MR) is 125 cm³/mol. The lowest BCUT2D eigenvalue weighted by Crippen LogP contribution is -2.42. The van der Waals surface area contributed by atoms with E-state index in [1.807, 2.05) is 14.1 Å². The Kier molecular flexibility index (Phi) is 8.46. The number of benzene rings is 2. The molecule has 0 bridgehead atoms. The number of ether oxygens (including phenoxy) is 1.